The number of rotatable bonds is 6. The van der Waals surface area contributed by atoms with E-state index >= 15 is 0 Å². The van der Waals surface area contributed by atoms with E-state index in [1.54, 1.807) is 6.92 Å². The lowest BCUT2D eigenvalue weighted by Crippen LogP contribution is -2.53. The molecule has 2 N–H and O–H groups in total. The molecule has 22 heavy (non-hydrogen) atoms. The van der Waals surface area contributed by atoms with Gasteiger partial charge in [-0.05, 0) is 19.5 Å². The van der Waals surface area contributed by atoms with Crippen LogP contribution in [0.25, 0.3) is 0 Å². The lowest BCUT2D eigenvalue weighted by molar-refractivity contribution is -0.133. The van der Waals surface area contributed by atoms with Crippen LogP contribution in [0.5, 0.6) is 0 Å². The van der Waals surface area contributed by atoms with Gasteiger partial charge in [0.25, 0.3) is 0 Å². The van der Waals surface area contributed by atoms with Crippen LogP contribution < -0.4 is 5.73 Å². The first kappa shape index (κ1) is 16.9. The normalized spacial score (nSPS) is 17.7. The Bertz CT molecular complexity index is 455. The average molecular weight is 304 g/mol. The molecule has 1 aromatic rings. The van der Waals surface area contributed by atoms with E-state index in [1.165, 1.54) is 5.56 Å². The minimum absolute atomic E-state index is 0.0702. The molecule has 0 saturated carbocycles. The van der Waals surface area contributed by atoms with Gasteiger partial charge < -0.3 is 15.5 Å². The highest BCUT2D eigenvalue weighted by molar-refractivity contribution is 5.81. The van der Waals surface area contributed by atoms with Gasteiger partial charge in [-0.25, -0.2) is 0 Å². The number of hydrogen-bond donors (Lipinski definition) is 1. The highest BCUT2D eigenvalue weighted by Crippen LogP contribution is 2.05. The molecule has 1 aliphatic heterocycles. The SMILES string of the molecule is CC(N)C(=O)N1CCN(CCN(C)Cc2ccccc2)CC1. The zero-order valence-corrected chi connectivity index (χ0v) is 13.7. The molecule has 1 fully saturated rings. The van der Waals surface area contributed by atoms with Crippen LogP contribution in [-0.2, 0) is 11.3 Å². The highest BCUT2D eigenvalue weighted by Gasteiger charge is 2.22. The summed E-state index contributed by atoms with van der Waals surface area (Å²) in [6.45, 7) is 8.29. The van der Waals surface area contributed by atoms with Crippen molar-refractivity contribution in [2.24, 2.45) is 5.73 Å². The van der Waals surface area contributed by atoms with Crippen molar-refractivity contribution in [1.29, 1.82) is 0 Å². The Morgan fingerprint density at radius 2 is 1.86 bits per heavy atom. The third kappa shape index (κ3) is 5.09. The van der Waals surface area contributed by atoms with E-state index in [-0.39, 0.29) is 11.9 Å². The highest BCUT2D eigenvalue weighted by atomic mass is 16.2. The minimum Gasteiger partial charge on any atom is -0.339 e. The van der Waals surface area contributed by atoms with Crippen molar-refractivity contribution in [3.63, 3.8) is 0 Å². The van der Waals surface area contributed by atoms with E-state index in [0.717, 1.165) is 45.8 Å². The molecular weight excluding hydrogens is 276 g/mol. The van der Waals surface area contributed by atoms with E-state index in [9.17, 15) is 4.79 Å². The molecule has 0 radical (unpaired) electrons. The molecule has 122 valence electrons. The molecule has 5 nitrogen and oxygen atoms in total. The van der Waals surface area contributed by atoms with Crippen molar-refractivity contribution < 1.29 is 4.79 Å². The summed E-state index contributed by atoms with van der Waals surface area (Å²) >= 11 is 0. The number of nitrogens with zero attached hydrogens (tertiary/aromatic N) is 3. The fraction of sp³-hybridized carbons (Fsp3) is 0.588. The van der Waals surface area contributed by atoms with E-state index in [4.69, 9.17) is 5.73 Å². The van der Waals surface area contributed by atoms with Gasteiger partial charge >= 0.3 is 0 Å². The molecule has 1 atom stereocenters. The third-order valence-corrected chi connectivity index (χ3v) is 4.17. The second kappa shape index (κ2) is 8.27. The summed E-state index contributed by atoms with van der Waals surface area (Å²) in [7, 11) is 2.16. The minimum atomic E-state index is -0.386. The Labute approximate surface area is 133 Å². The van der Waals surface area contributed by atoms with Crippen molar-refractivity contribution in [2.75, 3.05) is 46.3 Å². The monoisotopic (exact) mass is 304 g/mol. The molecule has 1 unspecified atom stereocenters. The van der Waals surface area contributed by atoms with E-state index in [1.807, 2.05) is 11.0 Å². The Kier molecular flexibility index (Phi) is 6.36. The molecule has 1 saturated heterocycles. The number of carbonyl (C=O) groups excluding carboxylic acids is 1. The smallest absolute Gasteiger partial charge is 0.239 e. The molecular formula is C17H28N4O. The topological polar surface area (TPSA) is 52.8 Å². The fourth-order valence-electron chi connectivity index (χ4n) is 2.77. The first-order valence-electron chi connectivity index (χ1n) is 8.05. The molecule has 1 heterocycles. The van der Waals surface area contributed by atoms with Crippen LogP contribution in [-0.4, -0.2) is 73.0 Å². The average Bonchev–Trinajstić information content (AvgIpc) is 2.53. The molecule has 0 bridgehead atoms. The van der Waals surface area contributed by atoms with Gasteiger partial charge in [0.1, 0.15) is 0 Å². The second-order valence-corrected chi connectivity index (χ2v) is 6.18. The Morgan fingerprint density at radius 3 is 2.45 bits per heavy atom. The zero-order chi connectivity index (χ0) is 15.9. The number of likely N-dealkylation sites (N-methyl/N-ethyl adjacent to an activating group) is 1. The number of nitrogens with two attached hydrogens (primary N) is 1. The van der Waals surface area contributed by atoms with Gasteiger partial charge in [0.2, 0.25) is 5.91 Å². The molecule has 0 aromatic heterocycles. The van der Waals surface area contributed by atoms with Crippen molar-refractivity contribution in [3.05, 3.63) is 35.9 Å². The molecule has 1 aromatic carbocycles. The summed E-state index contributed by atoms with van der Waals surface area (Å²) in [5, 5.41) is 0. The van der Waals surface area contributed by atoms with Crippen LogP contribution in [0.4, 0.5) is 0 Å². The van der Waals surface area contributed by atoms with Crippen molar-refractivity contribution in [2.45, 2.75) is 19.5 Å². The maximum Gasteiger partial charge on any atom is 0.239 e. The largest absolute Gasteiger partial charge is 0.339 e. The molecule has 5 heteroatoms. The molecule has 0 spiro atoms. The van der Waals surface area contributed by atoms with Crippen molar-refractivity contribution in [1.82, 2.24) is 14.7 Å². The van der Waals surface area contributed by atoms with Crippen LogP contribution in [0.2, 0.25) is 0 Å². The summed E-state index contributed by atoms with van der Waals surface area (Å²) in [4.78, 5) is 18.5. The van der Waals surface area contributed by atoms with E-state index in [2.05, 4.69) is 41.1 Å². The van der Waals surface area contributed by atoms with Crippen LogP contribution in [0.15, 0.2) is 30.3 Å². The van der Waals surface area contributed by atoms with Crippen molar-refractivity contribution >= 4 is 5.91 Å². The van der Waals surface area contributed by atoms with Gasteiger partial charge in [-0.1, -0.05) is 30.3 Å². The van der Waals surface area contributed by atoms with E-state index < -0.39 is 0 Å². The van der Waals surface area contributed by atoms with Gasteiger partial charge in [-0.2, -0.15) is 0 Å². The second-order valence-electron chi connectivity index (χ2n) is 6.18. The Morgan fingerprint density at radius 1 is 1.23 bits per heavy atom. The fourth-order valence-corrected chi connectivity index (χ4v) is 2.77. The Hall–Kier alpha value is -1.43. The number of hydrogen-bond acceptors (Lipinski definition) is 4. The lowest BCUT2D eigenvalue weighted by Gasteiger charge is -2.36. The van der Waals surface area contributed by atoms with Crippen LogP contribution in [0.1, 0.15) is 12.5 Å². The molecule has 1 amide bonds. The number of amides is 1. The summed E-state index contributed by atoms with van der Waals surface area (Å²) in [6.07, 6.45) is 0. The lowest BCUT2D eigenvalue weighted by atomic mass is 10.2. The van der Waals surface area contributed by atoms with Gasteiger partial charge in [-0.15, -0.1) is 0 Å². The molecule has 1 aliphatic rings. The number of carbonyl (C=O) groups is 1. The van der Waals surface area contributed by atoms with Crippen LogP contribution in [0.3, 0.4) is 0 Å². The van der Waals surface area contributed by atoms with E-state index in [0.29, 0.717) is 0 Å². The maximum atomic E-state index is 11.8. The zero-order valence-electron chi connectivity index (χ0n) is 13.7. The predicted molar refractivity (Wildman–Crippen MR) is 89.4 cm³/mol. The van der Waals surface area contributed by atoms with Gasteiger partial charge in [0.05, 0.1) is 6.04 Å². The maximum absolute atomic E-state index is 11.8. The summed E-state index contributed by atoms with van der Waals surface area (Å²) in [6, 6.07) is 10.1. The predicted octanol–water partition coefficient (Wildman–Crippen LogP) is 0.610. The summed E-state index contributed by atoms with van der Waals surface area (Å²) in [5.74, 6) is 0.0702. The first-order valence-corrected chi connectivity index (χ1v) is 8.05. The van der Waals surface area contributed by atoms with Gasteiger partial charge in [0, 0.05) is 45.8 Å². The molecule has 0 aliphatic carbocycles. The van der Waals surface area contributed by atoms with Gasteiger partial charge in [-0.3, -0.25) is 9.69 Å². The van der Waals surface area contributed by atoms with Crippen LogP contribution in [0, 0.1) is 0 Å². The molecule has 2 rings (SSSR count). The Balaban J connectivity index is 1.67. The number of piperazine rings is 1. The summed E-state index contributed by atoms with van der Waals surface area (Å²) in [5.41, 5.74) is 7.01. The number of benzene rings is 1. The van der Waals surface area contributed by atoms with Gasteiger partial charge in [0.15, 0.2) is 0 Å². The van der Waals surface area contributed by atoms with Crippen molar-refractivity contribution in [3.8, 4) is 0 Å². The standard InChI is InChI=1S/C17H28N4O/c1-15(18)17(22)21-12-10-20(11-13-21)9-8-19(2)14-16-6-4-3-5-7-16/h3-7,15H,8-14,18H2,1-2H3. The summed E-state index contributed by atoms with van der Waals surface area (Å²) < 4.78 is 0. The third-order valence-electron chi connectivity index (χ3n) is 4.17. The quantitative estimate of drug-likeness (QED) is 0.837. The first-order chi connectivity index (χ1) is 10.6. The van der Waals surface area contributed by atoms with Crippen LogP contribution >= 0.6 is 0 Å².